The number of amides is 1. The summed E-state index contributed by atoms with van der Waals surface area (Å²) in [6.45, 7) is 0.668. The summed E-state index contributed by atoms with van der Waals surface area (Å²) in [5.41, 5.74) is 6.69. The number of nitrogens with two attached hydrogens (primary N) is 1. The fourth-order valence-electron chi connectivity index (χ4n) is 1.56. The van der Waals surface area contributed by atoms with Crippen LogP contribution in [-0.4, -0.2) is 10.8 Å². The van der Waals surface area contributed by atoms with Gasteiger partial charge in [-0.2, -0.15) is 0 Å². The van der Waals surface area contributed by atoms with Crippen LogP contribution in [0.15, 0.2) is 54.4 Å². The Kier molecular flexibility index (Phi) is 2.68. The average molecular weight is 215 g/mol. The van der Waals surface area contributed by atoms with Crippen LogP contribution in [0.5, 0.6) is 0 Å². The van der Waals surface area contributed by atoms with Gasteiger partial charge in [-0.05, 0) is 12.0 Å². The van der Waals surface area contributed by atoms with Crippen molar-refractivity contribution in [2.24, 2.45) is 5.73 Å². The molecule has 0 bridgehead atoms. The molecule has 1 aliphatic rings. The van der Waals surface area contributed by atoms with Crippen molar-refractivity contribution < 1.29 is 6.17 Å². The maximum absolute atomic E-state index is 11.1. The lowest BCUT2D eigenvalue weighted by Crippen LogP contribution is -2.20. The van der Waals surface area contributed by atoms with Crippen LogP contribution in [-0.2, 0) is 11.3 Å². The molecule has 3 nitrogen and oxygen atoms in total. The van der Waals surface area contributed by atoms with Gasteiger partial charge in [0.15, 0.2) is 0 Å². The van der Waals surface area contributed by atoms with Crippen molar-refractivity contribution in [2.45, 2.75) is 12.9 Å². The molecule has 1 heterocycles. The van der Waals surface area contributed by atoms with E-state index in [4.69, 9.17) is 7.10 Å². The number of carbonyl (C=O) groups excluding carboxylic acids is 1. The largest absolute Gasteiger partial charge is 0.366 e. The topological polar surface area (TPSA) is 46.3 Å². The first-order valence-electron chi connectivity index (χ1n) is 5.66. The second-order valence-corrected chi connectivity index (χ2v) is 3.61. The first-order chi connectivity index (χ1) is 8.16. The third-order valence-electron chi connectivity index (χ3n) is 2.35. The zero-order valence-electron chi connectivity index (χ0n) is 9.84. The van der Waals surface area contributed by atoms with Gasteiger partial charge in [0.25, 0.3) is 0 Å². The summed E-state index contributed by atoms with van der Waals surface area (Å²) in [4.78, 5) is 13.0. The van der Waals surface area contributed by atoms with E-state index in [9.17, 15) is 4.79 Å². The van der Waals surface area contributed by atoms with E-state index in [1.54, 1.807) is 18.5 Å². The van der Waals surface area contributed by atoms with E-state index in [1.807, 2.05) is 35.2 Å². The molecule has 0 aromatic heterocycles. The normalized spacial score (nSPS) is 20.2. The highest BCUT2D eigenvalue weighted by Gasteiger charge is 2.09. The third kappa shape index (κ3) is 2.51. The fourth-order valence-corrected chi connectivity index (χ4v) is 1.56. The van der Waals surface area contributed by atoms with Crippen LogP contribution >= 0.6 is 0 Å². The van der Waals surface area contributed by atoms with Gasteiger partial charge in [-0.15, -0.1) is 0 Å². The molecule has 1 aromatic carbocycles. The molecule has 16 heavy (non-hydrogen) atoms. The van der Waals surface area contributed by atoms with Crippen molar-refractivity contribution in [3.8, 4) is 0 Å². The molecule has 0 spiro atoms. The Bertz CT molecular complexity index is 468. The Labute approximate surface area is 96.3 Å². The van der Waals surface area contributed by atoms with Crippen molar-refractivity contribution in [1.82, 2.24) is 4.90 Å². The average Bonchev–Trinajstić information content (AvgIpc) is 2.32. The molecule has 0 fully saturated rings. The van der Waals surface area contributed by atoms with Gasteiger partial charge in [0.05, 0.1) is 0 Å². The Morgan fingerprint density at radius 3 is 2.88 bits per heavy atom. The molecule has 1 aliphatic heterocycles. The van der Waals surface area contributed by atoms with Crippen molar-refractivity contribution in [2.75, 3.05) is 0 Å². The molecule has 1 atom stereocenters. The molecule has 0 saturated carbocycles. The van der Waals surface area contributed by atoms with Crippen molar-refractivity contribution in [1.29, 1.82) is 0 Å². The molecule has 82 valence electrons. The van der Waals surface area contributed by atoms with Crippen LogP contribution in [0.3, 0.4) is 0 Å². The molecular weight excluding hydrogens is 200 g/mol. The lowest BCUT2D eigenvalue weighted by Gasteiger charge is -2.20. The first-order valence-corrected chi connectivity index (χ1v) is 5.08. The second-order valence-electron chi connectivity index (χ2n) is 3.61. The molecule has 3 heteroatoms. The standard InChI is InChI=1S/C13H14N2O/c14-13(16)12-7-4-8-15(10-12)9-11-5-2-1-3-6-11/h1-6,8,10H,7,9H2,(H2,14,16)/i7D. The number of primary amides is 1. The highest BCUT2D eigenvalue weighted by atomic mass is 16.1. The van der Waals surface area contributed by atoms with Gasteiger partial charge >= 0.3 is 0 Å². The van der Waals surface area contributed by atoms with Crippen molar-refractivity contribution >= 4 is 5.91 Å². The number of carbonyl (C=O) groups is 1. The Morgan fingerprint density at radius 1 is 1.44 bits per heavy atom. The highest BCUT2D eigenvalue weighted by molar-refractivity contribution is 5.92. The number of benzene rings is 1. The molecule has 0 radical (unpaired) electrons. The summed E-state index contributed by atoms with van der Waals surface area (Å²) in [6.07, 6.45) is 4.45. The summed E-state index contributed by atoms with van der Waals surface area (Å²) < 4.78 is 7.65. The van der Waals surface area contributed by atoms with Gasteiger partial charge in [0.1, 0.15) is 0 Å². The summed E-state index contributed by atoms with van der Waals surface area (Å²) in [6, 6.07) is 9.92. The van der Waals surface area contributed by atoms with E-state index < -0.39 is 12.3 Å². The Hall–Kier alpha value is -2.03. The van der Waals surface area contributed by atoms with Crippen molar-refractivity contribution in [3.63, 3.8) is 0 Å². The Morgan fingerprint density at radius 2 is 2.19 bits per heavy atom. The minimum atomic E-state index is -0.653. The minimum absolute atomic E-state index is 0.323. The van der Waals surface area contributed by atoms with E-state index in [0.717, 1.165) is 5.56 Å². The fraction of sp³-hybridized carbons (Fsp3) is 0.154. The quantitative estimate of drug-likeness (QED) is 0.835. The Balaban J connectivity index is 2.13. The van der Waals surface area contributed by atoms with Gasteiger partial charge in [-0.3, -0.25) is 4.79 Å². The molecule has 1 aromatic rings. The number of rotatable bonds is 3. The SMILES string of the molecule is [2H]C1C=CN(Cc2ccccc2)C=C1C(N)=O. The molecular formula is C13H14N2O. The van der Waals surface area contributed by atoms with Crippen molar-refractivity contribution in [3.05, 3.63) is 59.9 Å². The van der Waals surface area contributed by atoms with Gasteiger partial charge in [-0.25, -0.2) is 0 Å². The van der Waals surface area contributed by atoms with Crippen LogP contribution in [0.4, 0.5) is 0 Å². The maximum Gasteiger partial charge on any atom is 0.246 e. The van der Waals surface area contributed by atoms with E-state index in [-0.39, 0.29) is 0 Å². The maximum atomic E-state index is 11.1. The monoisotopic (exact) mass is 215 g/mol. The zero-order valence-corrected chi connectivity index (χ0v) is 8.84. The number of hydrogen-bond acceptors (Lipinski definition) is 2. The molecule has 1 unspecified atom stereocenters. The minimum Gasteiger partial charge on any atom is -0.366 e. The summed E-state index contributed by atoms with van der Waals surface area (Å²) >= 11 is 0. The van der Waals surface area contributed by atoms with Crippen LogP contribution in [0.25, 0.3) is 0 Å². The van der Waals surface area contributed by atoms with Crippen LogP contribution in [0.2, 0.25) is 0 Å². The second kappa shape index (κ2) is 4.66. The van der Waals surface area contributed by atoms with E-state index in [1.165, 1.54) is 0 Å². The van der Waals surface area contributed by atoms with E-state index in [0.29, 0.717) is 12.1 Å². The van der Waals surface area contributed by atoms with E-state index in [2.05, 4.69) is 0 Å². The number of allylic oxidation sites excluding steroid dienone is 1. The lowest BCUT2D eigenvalue weighted by atomic mass is 10.1. The number of hydrogen-bond donors (Lipinski definition) is 1. The van der Waals surface area contributed by atoms with E-state index >= 15 is 0 Å². The van der Waals surface area contributed by atoms with Crippen LogP contribution < -0.4 is 5.73 Å². The zero-order chi connectivity index (χ0) is 12.3. The smallest absolute Gasteiger partial charge is 0.246 e. The predicted molar refractivity (Wildman–Crippen MR) is 63.0 cm³/mol. The molecule has 2 N–H and O–H groups in total. The first kappa shape index (κ1) is 9.21. The molecule has 1 amide bonds. The van der Waals surface area contributed by atoms with Gasteiger partial charge in [0.2, 0.25) is 5.91 Å². The van der Waals surface area contributed by atoms with Gasteiger partial charge in [-0.1, -0.05) is 36.4 Å². The third-order valence-corrected chi connectivity index (χ3v) is 2.35. The summed E-state index contributed by atoms with van der Waals surface area (Å²) in [7, 11) is 0. The summed E-state index contributed by atoms with van der Waals surface area (Å²) in [5.74, 6) is -0.535. The number of nitrogens with zero attached hydrogens (tertiary/aromatic N) is 1. The highest BCUT2D eigenvalue weighted by Crippen LogP contribution is 2.14. The lowest BCUT2D eigenvalue weighted by molar-refractivity contribution is -0.114. The predicted octanol–water partition coefficient (Wildman–Crippen LogP) is 1.78. The van der Waals surface area contributed by atoms with Gasteiger partial charge < -0.3 is 10.6 Å². The molecule has 2 rings (SSSR count). The van der Waals surface area contributed by atoms with Gasteiger partial charge in [0, 0.05) is 25.9 Å². The summed E-state index contributed by atoms with van der Waals surface area (Å²) in [5, 5.41) is 0. The van der Waals surface area contributed by atoms with Crippen LogP contribution in [0, 0.1) is 0 Å². The molecule has 0 saturated heterocycles. The van der Waals surface area contributed by atoms with Crippen LogP contribution in [0.1, 0.15) is 13.3 Å². The molecule has 0 aliphatic carbocycles.